The molecule has 2 nitrogen and oxygen atoms in total. The summed E-state index contributed by atoms with van der Waals surface area (Å²) in [5.41, 5.74) is 11.2. The highest BCUT2D eigenvalue weighted by Gasteiger charge is 2.05. The second-order valence-electron chi connectivity index (χ2n) is 3.68. The van der Waals surface area contributed by atoms with E-state index in [1.54, 1.807) is 11.3 Å². The number of benzene rings is 1. The molecule has 1 heterocycles. The Balaban J connectivity index is 0.00000128. The van der Waals surface area contributed by atoms with Crippen molar-refractivity contribution in [2.24, 2.45) is 5.73 Å². The molecule has 1 aromatic heterocycles. The zero-order valence-electron chi connectivity index (χ0n) is 9.71. The zero-order chi connectivity index (χ0) is 10.8. The third-order valence-electron chi connectivity index (χ3n) is 2.44. The fourth-order valence-corrected chi connectivity index (χ4v) is 2.33. The first-order chi connectivity index (χ1) is 7.18. The maximum absolute atomic E-state index is 5.80. The molecule has 2 rings (SSSR count). The molecule has 1 aromatic carbocycles. The third kappa shape index (κ3) is 3.68. The van der Waals surface area contributed by atoms with Crippen LogP contribution in [0.25, 0.3) is 10.4 Å². The second kappa shape index (κ2) is 6.97. The molecule has 0 amide bonds. The van der Waals surface area contributed by atoms with Crippen LogP contribution in [0.4, 0.5) is 0 Å². The van der Waals surface area contributed by atoms with Crippen LogP contribution in [0.3, 0.4) is 0 Å². The van der Waals surface area contributed by atoms with Gasteiger partial charge < -0.3 is 5.73 Å². The number of halogens is 2. The molecule has 0 saturated heterocycles. The van der Waals surface area contributed by atoms with Gasteiger partial charge >= 0.3 is 0 Å². The maximum Gasteiger partial charge on any atom is 0.0801 e. The highest BCUT2D eigenvalue weighted by Crippen LogP contribution is 2.27. The van der Waals surface area contributed by atoms with E-state index >= 15 is 0 Å². The first kappa shape index (κ1) is 16.4. The van der Waals surface area contributed by atoms with Gasteiger partial charge in [-0.05, 0) is 25.0 Å². The molecule has 0 aliphatic carbocycles. The lowest BCUT2D eigenvalue weighted by atomic mass is 10.1. The van der Waals surface area contributed by atoms with Crippen molar-refractivity contribution >= 4 is 36.2 Å². The van der Waals surface area contributed by atoms with Crippen LogP contribution in [-0.2, 0) is 0 Å². The first-order valence-electron chi connectivity index (χ1n) is 4.94. The highest BCUT2D eigenvalue weighted by atomic mass is 35.5. The van der Waals surface area contributed by atoms with Gasteiger partial charge in [-0.2, -0.15) is 0 Å². The molecule has 0 saturated carbocycles. The molecule has 2 N–H and O–H groups in total. The van der Waals surface area contributed by atoms with Gasteiger partial charge in [-0.3, -0.25) is 0 Å². The molecule has 0 radical (unpaired) electrons. The first-order valence-corrected chi connectivity index (χ1v) is 5.82. The predicted octanol–water partition coefficient (Wildman–Crippen LogP) is 3.98. The van der Waals surface area contributed by atoms with Gasteiger partial charge in [-0.25, -0.2) is 4.98 Å². The summed E-state index contributed by atoms with van der Waals surface area (Å²) in [6, 6.07) is 8.48. The number of aryl methyl sites for hydroxylation is 1. The normalized spacial score (nSPS) is 11.2. The lowest BCUT2D eigenvalue weighted by Crippen LogP contribution is -2.04. The molecule has 17 heavy (non-hydrogen) atoms. The quantitative estimate of drug-likeness (QED) is 0.909. The molecule has 0 spiro atoms. The molecule has 0 fully saturated rings. The van der Waals surface area contributed by atoms with Crippen molar-refractivity contribution in [1.82, 2.24) is 4.98 Å². The fourth-order valence-electron chi connectivity index (χ4n) is 1.52. The summed E-state index contributed by atoms with van der Waals surface area (Å²) >= 11 is 1.67. The van der Waals surface area contributed by atoms with Crippen LogP contribution in [0.5, 0.6) is 0 Å². The van der Waals surface area contributed by atoms with Gasteiger partial charge in [0, 0.05) is 6.04 Å². The van der Waals surface area contributed by atoms with Crippen LogP contribution in [0, 0.1) is 6.92 Å². The van der Waals surface area contributed by atoms with E-state index in [0.29, 0.717) is 0 Å². The minimum absolute atomic E-state index is 0. The van der Waals surface area contributed by atoms with E-state index in [1.165, 1.54) is 16.0 Å². The Kier molecular flexibility index (Phi) is 6.72. The van der Waals surface area contributed by atoms with E-state index in [0.717, 1.165) is 5.69 Å². The summed E-state index contributed by atoms with van der Waals surface area (Å²) < 4.78 is 0. The topological polar surface area (TPSA) is 38.9 Å². The van der Waals surface area contributed by atoms with Crippen molar-refractivity contribution in [2.45, 2.75) is 19.9 Å². The summed E-state index contributed by atoms with van der Waals surface area (Å²) in [4.78, 5) is 5.49. The number of thiazole rings is 1. The third-order valence-corrected chi connectivity index (χ3v) is 3.42. The van der Waals surface area contributed by atoms with Crippen molar-refractivity contribution in [3.8, 4) is 10.4 Å². The number of rotatable bonds is 2. The molecule has 94 valence electrons. The molecule has 5 heteroatoms. The molecule has 0 aliphatic heterocycles. The Labute approximate surface area is 118 Å². The minimum atomic E-state index is 0. The van der Waals surface area contributed by atoms with Crippen LogP contribution in [0.2, 0.25) is 0 Å². The lowest BCUT2D eigenvalue weighted by Gasteiger charge is -2.06. The summed E-state index contributed by atoms with van der Waals surface area (Å²) in [6.45, 7) is 4.03. The molecule has 0 aliphatic rings. The molecule has 1 atom stereocenters. The summed E-state index contributed by atoms with van der Waals surface area (Å²) in [5, 5.41) is 0. The van der Waals surface area contributed by atoms with Crippen LogP contribution in [-0.4, -0.2) is 4.98 Å². The van der Waals surface area contributed by atoms with Gasteiger partial charge in [0.1, 0.15) is 0 Å². The van der Waals surface area contributed by atoms with Gasteiger partial charge in [-0.1, -0.05) is 24.3 Å². The van der Waals surface area contributed by atoms with Gasteiger partial charge in [0.25, 0.3) is 0 Å². The van der Waals surface area contributed by atoms with Crippen molar-refractivity contribution in [3.63, 3.8) is 0 Å². The Morgan fingerprint density at radius 3 is 2.18 bits per heavy atom. The van der Waals surface area contributed by atoms with Crippen LogP contribution in [0.1, 0.15) is 24.2 Å². The highest BCUT2D eigenvalue weighted by molar-refractivity contribution is 7.13. The van der Waals surface area contributed by atoms with Gasteiger partial charge in [0.2, 0.25) is 0 Å². The molecule has 0 unspecified atom stereocenters. The zero-order valence-corrected chi connectivity index (χ0v) is 12.2. The summed E-state index contributed by atoms with van der Waals surface area (Å²) in [5.74, 6) is 0. The van der Waals surface area contributed by atoms with Gasteiger partial charge in [-0.15, -0.1) is 36.2 Å². The van der Waals surface area contributed by atoms with Crippen molar-refractivity contribution < 1.29 is 0 Å². The van der Waals surface area contributed by atoms with Crippen molar-refractivity contribution in [2.75, 3.05) is 0 Å². The largest absolute Gasteiger partial charge is 0.324 e. The lowest BCUT2D eigenvalue weighted by molar-refractivity contribution is 0.818. The molecule has 0 bridgehead atoms. The van der Waals surface area contributed by atoms with Crippen molar-refractivity contribution in [3.05, 3.63) is 41.0 Å². The number of nitrogens with zero attached hydrogens (tertiary/aromatic N) is 1. The van der Waals surface area contributed by atoms with Gasteiger partial charge in [0.05, 0.1) is 16.1 Å². The van der Waals surface area contributed by atoms with Crippen LogP contribution < -0.4 is 5.73 Å². The van der Waals surface area contributed by atoms with E-state index < -0.39 is 0 Å². The van der Waals surface area contributed by atoms with E-state index in [1.807, 2.05) is 19.4 Å². The SMILES string of the molecule is Cc1ncsc1-c1ccc([C@@H](C)N)cc1.Cl.Cl. The summed E-state index contributed by atoms with van der Waals surface area (Å²) in [7, 11) is 0. The fraction of sp³-hybridized carbons (Fsp3) is 0.250. The van der Waals surface area contributed by atoms with Crippen LogP contribution >= 0.6 is 36.2 Å². The molecular formula is C12H16Cl2N2S. The Bertz CT molecular complexity index is 452. The molecular weight excluding hydrogens is 275 g/mol. The van der Waals surface area contributed by atoms with Crippen molar-refractivity contribution in [1.29, 1.82) is 0 Å². The van der Waals surface area contributed by atoms with E-state index in [4.69, 9.17) is 5.73 Å². The predicted molar refractivity (Wildman–Crippen MR) is 79.4 cm³/mol. The molecule has 2 aromatic rings. The Morgan fingerprint density at radius 1 is 1.18 bits per heavy atom. The summed E-state index contributed by atoms with van der Waals surface area (Å²) in [6.07, 6.45) is 0. The maximum atomic E-state index is 5.80. The van der Waals surface area contributed by atoms with E-state index in [2.05, 4.69) is 29.2 Å². The second-order valence-corrected chi connectivity index (χ2v) is 4.53. The van der Waals surface area contributed by atoms with Gasteiger partial charge in [0.15, 0.2) is 0 Å². The van der Waals surface area contributed by atoms with E-state index in [9.17, 15) is 0 Å². The standard InChI is InChI=1S/C12H14N2S.2ClH/c1-8(13)10-3-5-11(6-4-10)12-9(2)14-7-15-12;;/h3-8H,13H2,1-2H3;2*1H/t8-;;/m1../s1. The average Bonchev–Trinajstić information content (AvgIpc) is 2.65. The monoisotopic (exact) mass is 290 g/mol. The van der Waals surface area contributed by atoms with Crippen LogP contribution in [0.15, 0.2) is 29.8 Å². The number of hydrogen-bond acceptors (Lipinski definition) is 3. The number of hydrogen-bond donors (Lipinski definition) is 1. The minimum Gasteiger partial charge on any atom is -0.324 e. The number of nitrogens with two attached hydrogens (primary N) is 1. The average molecular weight is 291 g/mol. The Morgan fingerprint density at radius 2 is 1.76 bits per heavy atom. The smallest absolute Gasteiger partial charge is 0.0801 e. The number of aromatic nitrogens is 1. The Hall–Kier alpha value is -0.610. The van der Waals surface area contributed by atoms with E-state index in [-0.39, 0.29) is 30.9 Å².